The number of urea groups is 1. The van der Waals surface area contributed by atoms with Crippen LogP contribution in [0, 0.1) is 0 Å². The van der Waals surface area contributed by atoms with E-state index in [-0.39, 0.29) is 11.7 Å². The van der Waals surface area contributed by atoms with E-state index < -0.39 is 28.2 Å². The van der Waals surface area contributed by atoms with E-state index in [2.05, 4.69) is 30.6 Å². The number of aromatic nitrogens is 2. The summed E-state index contributed by atoms with van der Waals surface area (Å²) >= 11 is 12.6. The lowest BCUT2D eigenvalue weighted by Crippen LogP contribution is -2.39. The van der Waals surface area contributed by atoms with E-state index in [4.69, 9.17) is 28.3 Å². The quantitative estimate of drug-likeness (QED) is 0.135. The summed E-state index contributed by atoms with van der Waals surface area (Å²) in [5, 5.41) is 17.5. The number of rotatable bonds is 10. The Morgan fingerprint density at radius 2 is 1.73 bits per heavy atom. The molecule has 0 unspecified atom stereocenters. The standard InChI is InChI=1S/C27H26Cl2N6O5S/c1-41(39,40)35-21-12-9-19(28)14-18(21)15-30-26(36)32-22(13-16-5-3-2-4-6-16)25-33-23(24(29)34-25)17-7-10-20(11-8-17)31-27(37)38/h2-12,14,22,31,35H,13,15H2,1H3,(H,33,34)(H,37,38)(H2,30,32,36)/t22-/m0/s1. The molecule has 0 fully saturated rings. The molecule has 0 bridgehead atoms. The smallest absolute Gasteiger partial charge is 0.409 e. The third-order valence-electron chi connectivity index (χ3n) is 5.81. The molecule has 0 spiro atoms. The van der Waals surface area contributed by atoms with Gasteiger partial charge in [0.1, 0.15) is 16.7 Å². The van der Waals surface area contributed by atoms with E-state index in [1.807, 2.05) is 30.3 Å². The number of nitrogens with one attached hydrogen (secondary N) is 5. The number of carbonyl (C=O) groups is 2. The molecule has 1 heterocycles. The molecule has 4 rings (SSSR count). The Morgan fingerprint density at radius 3 is 2.39 bits per heavy atom. The molecule has 6 N–H and O–H groups in total. The largest absolute Gasteiger partial charge is 0.465 e. The van der Waals surface area contributed by atoms with Gasteiger partial charge in [-0.15, -0.1) is 0 Å². The number of hydrogen-bond donors (Lipinski definition) is 6. The Bertz CT molecular complexity index is 1650. The number of aromatic amines is 1. The van der Waals surface area contributed by atoms with Gasteiger partial charge in [-0.3, -0.25) is 10.0 Å². The number of halogens is 2. The zero-order chi connectivity index (χ0) is 29.6. The van der Waals surface area contributed by atoms with Crippen molar-refractivity contribution < 1.29 is 23.1 Å². The number of carboxylic acid groups (broad SMARTS) is 1. The number of nitrogens with zero attached hydrogens (tertiary/aromatic N) is 1. The van der Waals surface area contributed by atoms with Gasteiger partial charge in [-0.25, -0.2) is 23.0 Å². The highest BCUT2D eigenvalue weighted by molar-refractivity contribution is 7.92. The van der Waals surface area contributed by atoms with Crippen molar-refractivity contribution in [3.8, 4) is 11.3 Å². The highest BCUT2D eigenvalue weighted by Gasteiger charge is 2.22. The minimum Gasteiger partial charge on any atom is -0.465 e. The molecule has 1 aromatic heterocycles. The summed E-state index contributed by atoms with van der Waals surface area (Å²) in [6.45, 7) is -0.0107. The molecule has 4 aromatic rings. The number of hydrogen-bond acceptors (Lipinski definition) is 5. The SMILES string of the molecule is CS(=O)(=O)Nc1ccc(Cl)cc1CNC(=O)N[C@@H](Cc1ccccc1)c1nc(-c2ccc(NC(=O)O)cc2)c(Cl)[nH]1. The van der Waals surface area contributed by atoms with Gasteiger partial charge in [-0.2, -0.15) is 0 Å². The maximum absolute atomic E-state index is 13.0. The number of imidazole rings is 1. The molecule has 3 amide bonds. The lowest BCUT2D eigenvalue weighted by molar-refractivity contribution is 0.209. The number of carbonyl (C=O) groups excluding carboxylic acids is 1. The lowest BCUT2D eigenvalue weighted by atomic mass is 10.1. The topological polar surface area (TPSA) is 165 Å². The molecule has 14 heteroatoms. The van der Waals surface area contributed by atoms with Crippen LogP contribution in [-0.2, 0) is 23.0 Å². The van der Waals surface area contributed by atoms with Crippen LogP contribution in [0.15, 0.2) is 72.8 Å². The second-order valence-electron chi connectivity index (χ2n) is 9.04. The van der Waals surface area contributed by atoms with Crippen LogP contribution in [0.3, 0.4) is 0 Å². The van der Waals surface area contributed by atoms with E-state index in [0.717, 1.165) is 11.8 Å². The summed E-state index contributed by atoms with van der Waals surface area (Å²) in [4.78, 5) is 31.6. The van der Waals surface area contributed by atoms with Gasteiger partial charge in [-0.1, -0.05) is 65.7 Å². The molecule has 0 aliphatic heterocycles. The van der Waals surface area contributed by atoms with Crippen molar-refractivity contribution in [3.05, 3.63) is 99.9 Å². The number of benzene rings is 3. The molecule has 214 valence electrons. The molecule has 3 aromatic carbocycles. The van der Waals surface area contributed by atoms with Crippen LogP contribution in [0.2, 0.25) is 10.2 Å². The van der Waals surface area contributed by atoms with Crippen LogP contribution in [0.25, 0.3) is 11.3 Å². The monoisotopic (exact) mass is 616 g/mol. The Morgan fingerprint density at radius 1 is 1.02 bits per heavy atom. The van der Waals surface area contributed by atoms with Crippen LogP contribution in [0.1, 0.15) is 23.0 Å². The highest BCUT2D eigenvalue weighted by Crippen LogP contribution is 2.29. The van der Waals surface area contributed by atoms with Crippen molar-refractivity contribution in [3.63, 3.8) is 0 Å². The second-order valence-corrected chi connectivity index (χ2v) is 11.6. The molecule has 0 saturated heterocycles. The van der Waals surface area contributed by atoms with Crippen molar-refractivity contribution in [1.29, 1.82) is 0 Å². The predicted molar refractivity (Wildman–Crippen MR) is 159 cm³/mol. The summed E-state index contributed by atoms with van der Waals surface area (Å²) in [6.07, 6.45) is 0.241. The first-order valence-electron chi connectivity index (χ1n) is 12.2. The minimum atomic E-state index is -3.55. The van der Waals surface area contributed by atoms with E-state index in [0.29, 0.717) is 45.5 Å². The minimum absolute atomic E-state index is 0.0107. The molecule has 41 heavy (non-hydrogen) atoms. The van der Waals surface area contributed by atoms with Crippen LogP contribution in [0.5, 0.6) is 0 Å². The maximum Gasteiger partial charge on any atom is 0.409 e. The average Bonchev–Trinajstić information content (AvgIpc) is 3.30. The normalized spacial score (nSPS) is 11.9. The Balaban J connectivity index is 1.54. The molecule has 1 atom stereocenters. The van der Waals surface area contributed by atoms with Gasteiger partial charge < -0.3 is 20.7 Å². The zero-order valence-corrected chi connectivity index (χ0v) is 23.9. The van der Waals surface area contributed by atoms with Crippen LogP contribution < -0.4 is 20.7 Å². The number of H-pyrrole nitrogens is 1. The van der Waals surface area contributed by atoms with Gasteiger partial charge in [-0.05, 0) is 47.9 Å². The lowest BCUT2D eigenvalue weighted by Gasteiger charge is -2.18. The first-order chi connectivity index (χ1) is 19.5. The fourth-order valence-corrected chi connectivity index (χ4v) is 5.06. The van der Waals surface area contributed by atoms with Crippen molar-refractivity contribution in [2.45, 2.75) is 19.0 Å². The van der Waals surface area contributed by atoms with Gasteiger partial charge in [0, 0.05) is 22.8 Å². The summed E-state index contributed by atoms with van der Waals surface area (Å²) in [6, 6.07) is 19.5. The van der Waals surface area contributed by atoms with E-state index in [1.165, 1.54) is 6.07 Å². The maximum atomic E-state index is 13.0. The number of anilines is 2. The third-order valence-corrected chi connectivity index (χ3v) is 6.91. The van der Waals surface area contributed by atoms with Gasteiger partial charge in [0.25, 0.3) is 0 Å². The average molecular weight is 618 g/mol. The van der Waals surface area contributed by atoms with Gasteiger partial charge in [0.15, 0.2) is 0 Å². The molecule has 0 radical (unpaired) electrons. The number of sulfonamides is 1. The highest BCUT2D eigenvalue weighted by atomic mass is 35.5. The first-order valence-corrected chi connectivity index (χ1v) is 14.8. The molecule has 0 saturated carbocycles. The van der Waals surface area contributed by atoms with E-state index in [9.17, 15) is 18.0 Å². The molecule has 0 aliphatic rings. The van der Waals surface area contributed by atoms with Crippen molar-refractivity contribution >= 4 is 56.7 Å². The summed E-state index contributed by atoms with van der Waals surface area (Å²) in [5.74, 6) is 0.402. The van der Waals surface area contributed by atoms with Crippen LogP contribution >= 0.6 is 23.2 Å². The fourth-order valence-electron chi connectivity index (χ4n) is 4.02. The van der Waals surface area contributed by atoms with Crippen molar-refractivity contribution in [2.24, 2.45) is 0 Å². The van der Waals surface area contributed by atoms with E-state index in [1.54, 1.807) is 36.4 Å². The second kappa shape index (κ2) is 12.9. The van der Waals surface area contributed by atoms with Gasteiger partial charge in [0.05, 0.1) is 18.0 Å². The summed E-state index contributed by atoms with van der Waals surface area (Å²) in [7, 11) is -3.55. The van der Waals surface area contributed by atoms with Gasteiger partial charge in [0.2, 0.25) is 10.0 Å². The summed E-state index contributed by atoms with van der Waals surface area (Å²) < 4.78 is 25.9. The molecular weight excluding hydrogens is 591 g/mol. The third kappa shape index (κ3) is 8.61. The Labute approximate surface area is 246 Å². The first kappa shape index (κ1) is 29.7. The Hall–Kier alpha value is -4.26. The fraction of sp³-hybridized carbons (Fsp3) is 0.148. The zero-order valence-electron chi connectivity index (χ0n) is 21.6. The molecule has 0 aliphatic carbocycles. The van der Waals surface area contributed by atoms with Crippen LogP contribution in [-0.4, -0.2) is 41.9 Å². The summed E-state index contributed by atoms with van der Waals surface area (Å²) in [5.41, 5.74) is 3.17. The number of amides is 3. The van der Waals surface area contributed by atoms with Crippen LogP contribution in [0.4, 0.5) is 21.0 Å². The molecule has 11 nitrogen and oxygen atoms in total. The van der Waals surface area contributed by atoms with Crippen molar-refractivity contribution in [1.82, 2.24) is 20.6 Å². The van der Waals surface area contributed by atoms with Gasteiger partial charge >= 0.3 is 12.1 Å². The predicted octanol–water partition coefficient (Wildman–Crippen LogP) is 5.63. The molecular formula is C27H26Cl2N6O5S. The van der Waals surface area contributed by atoms with E-state index >= 15 is 0 Å². The Kier molecular flexibility index (Phi) is 9.38. The van der Waals surface area contributed by atoms with Crippen molar-refractivity contribution in [2.75, 3.05) is 16.3 Å².